The first kappa shape index (κ1) is 28.0. The number of rotatable bonds is 10. The second-order valence-electron chi connectivity index (χ2n) is 10.7. The molecule has 1 aromatic rings. The Hall–Kier alpha value is -2.01. The van der Waals surface area contributed by atoms with Crippen molar-refractivity contribution in [3.8, 4) is 0 Å². The van der Waals surface area contributed by atoms with E-state index in [9.17, 15) is 0 Å². The van der Waals surface area contributed by atoms with Crippen molar-refractivity contribution in [2.24, 2.45) is 0 Å². The third-order valence-electron chi connectivity index (χ3n) is 5.73. The van der Waals surface area contributed by atoms with E-state index in [1.807, 2.05) is 13.0 Å². The molecule has 0 aromatic heterocycles. The molecule has 0 aliphatic rings. The highest BCUT2D eigenvalue weighted by Crippen LogP contribution is 2.38. The van der Waals surface area contributed by atoms with Crippen molar-refractivity contribution >= 4 is 21.8 Å². The molecule has 0 radical (unpaired) electrons. The Balaban J connectivity index is 2.89. The van der Waals surface area contributed by atoms with Gasteiger partial charge < -0.3 is 8.85 Å². The van der Waals surface area contributed by atoms with Crippen molar-refractivity contribution in [3.05, 3.63) is 83.5 Å². The Morgan fingerprint density at radius 3 is 2.06 bits per heavy atom. The third kappa shape index (κ3) is 9.24. The van der Waals surface area contributed by atoms with E-state index in [0.717, 1.165) is 35.5 Å². The van der Waals surface area contributed by atoms with Crippen LogP contribution in [0.25, 0.3) is 0 Å². The Labute approximate surface area is 199 Å². The summed E-state index contributed by atoms with van der Waals surface area (Å²) in [5.41, 5.74) is 5.47. The van der Waals surface area contributed by atoms with Crippen molar-refractivity contribution in [1.82, 2.24) is 0 Å². The smallest absolute Gasteiger partial charge is 0.276 e. The summed E-state index contributed by atoms with van der Waals surface area (Å²) in [6.45, 7) is 26.0. The maximum Gasteiger partial charge on any atom is 0.276 e. The SMILES string of the molecule is C=C(C)/C(=C\CC/C=C/C(=C=C(C)C)O[Si](C)(C)C(C)(C)C)O[Si](C)(C)c1ccccc1. The maximum absolute atomic E-state index is 6.51. The van der Waals surface area contributed by atoms with Gasteiger partial charge in [-0.05, 0) is 93.3 Å². The molecule has 1 aromatic carbocycles. The van der Waals surface area contributed by atoms with Gasteiger partial charge in [0.25, 0.3) is 16.6 Å². The molecule has 4 heteroatoms. The van der Waals surface area contributed by atoms with E-state index in [-0.39, 0.29) is 5.04 Å². The van der Waals surface area contributed by atoms with E-state index >= 15 is 0 Å². The number of hydrogen-bond acceptors (Lipinski definition) is 2. The summed E-state index contributed by atoms with van der Waals surface area (Å²) in [7, 11) is -3.93. The highest BCUT2D eigenvalue weighted by atomic mass is 28.4. The standard InChI is InChI=1S/C28H44O2Si2/c1-23(2)22-25(29-32(10,11)28(5,6)7)18-14-12-17-21-27(24(3)4)30-31(8,9)26-19-15-13-16-20-26/h13-16,18-21H,3,12,17H2,1-2,4-11H3/b18-14+,27-21+. The topological polar surface area (TPSA) is 18.5 Å². The van der Waals surface area contributed by atoms with Gasteiger partial charge in [0.2, 0.25) is 0 Å². The molecule has 0 bridgehead atoms. The minimum atomic E-state index is -2.03. The normalized spacial score (nSPS) is 13.0. The molecule has 0 spiro atoms. The van der Waals surface area contributed by atoms with E-state index < -0.39 is 16.6 Å². The van der Waals surface area contributed by atoms with Gasteiger partial charge >= 0.3 is 0 Å². The lowest BCUT2D eigenvalue weighted by molar-refractivity contribution is 0.400. The molecule has 0 amide bonds. The summed E-state index contributed by atoms with van der Waals surface area (Å²) < 4.78 is 13.0. The molecule has 0 aliphatic heterocycles. The van der Waals surface area contributed by atoms with Crippen LogP contribution in [-0.2, 0) is 8.85 Å². The van der Waals surface area contributed by atoms with E-state index in [0.29, 0.717) is 0 Å². The lowest BCUT2D eigenvalue weighted by Crippen LogP contribution is -2.44. The second-order valence-corrected chi connectivity index (χ2v) is 19.2. The third-order valence-corrected chi connectivity index (χ3v) is 12.5. The largest absolute Gasteiger partial charge is 0.540 e. The van der Waals surface area contributed by atoms with Gasteiger partial charge in [-0.15, -0.1) is 0 Å². The van der Waals surface area contributed by atoms with Crippen molar-refractivity contribution in [2.75, 3.05) is 0 Å². The van der Waals surface area contributed by atoms with Gasteiger partial charge in [-0.2, -0.15) is 0 Å². The molecule has 0 saturated carbocycles. The van der Waals surface area contributed by atoms with Crippen LogP contribution in [0.3, 0.4) is 0 Å². The van der Waals surface area contributed by atoms with E-state index in [1.54, 1.807) is 0 Å². The zero-order chi connectivity index (χ0) is 24.6. The minimum absolute atomic E-state index is 0.154. The molecular weight excluding hydrogens is 424 g/mol. The summed E-state index contributed by atoms with van der Waals surface area (Å²) in [5, 5.41) is 1.44. The number of hydrogen-bond donors (Lipinski definition) is 0. The van der Waals surface area contributed by atoms with Crippen LogP contribution in [-0.4, -0.2) is 16.6 Å². The zero-order valence-corrected chi connectivity index (χ0v) is 24.1. The number of allylic oxidation sites excluding steroid dienone is 4. The molecular formula is C28H44O2Si2. The molecule has 1 rings (SSSR count). The van der Waals surface area contributed by atoms with Crippen molar-refractivity contribution in [3.63, 3.8) is 0 Å². The van der Waals surface area contributed by atoms with Gasteiger partial charge in [-0.25, -0.2) is 0 Å². The summed E-state index contributed by atoms with van der Waals surface area (Å²) in [5.74, 6) is 1.76. The Kier molecular flexibility index (Phi) is 10.3. The van der Waals surface area contributed by atoms with Gasteiger partial charge in [0.05, 0.1) is 0 Å². The molecule has 0 aliphatic carbocycles. The summed E-state index contributed by atoms with van der Waals surface area (Å²) in [6.07, 6.45) is 8.21. The summed E-state index contributed by atoms with van der Waals surface area (Å²) in [6, 6.07) is 10.5. The van der Waals surface area contributed by atoms with E-state index in [4.69, 9.17) is 8.85 Å². The fourth-order valence-corrected chi connectivity index (χ4v) is 5.65. The van der Waals surface area contributed by atoms with Gasteiger partial charge in [0, 0.05) is 0 Å². The van der Waals surface area contributed by atoms with Crippen LogP contribution in [0, 0.1) is 0 Å². The Bertz CT molecular complexity index is 887. The fraction of sp³-hybridized carbons (Fsp3) is 0.464. The van der Waals surface area contributed by atoms with Gasteiger partial charge in [0.1, 0.15) is 11.5 Å². The quantitative estimate of drug-likeness (QED) is 0.113. The number of unbranched alkanes of at least 4 members (excludes halogenated alkanes) is 1. The first-order valence-electron chi connectivity index (χ1n) is 11.6. The molecule has 0 unspecified atom stereocenters. The maximum atomic E-state index is 6.51. The predicted octanol–water partition coefficient (Wildman–Crippen LogP) is 8.38. The monoisotopic (exact) mass is 468 g/mol. The molecule has 176 valence electrons. The average molecular weight is 469 g/mol. The van der Waals surface area contributed by atoms with Crippen LogP contribution >= 0.6 is 0 Å². The average Bonchev–Trinajstić information content (AvgIpc) is 2.65. The van der Waals surface area contributed by atoms with Crippen molar-refractivity contribution < 1.29 is 8.85 Å². The van der Waals surface area contributed by atoms with Crippen LogP contribution in [0.2, 0.25) is 31.2 Å². The van der Waals surface area contributed by atoms with Crippen LogP contribution in [0.15, 0.2) is 83.5 Å². The van der Waals surface area contributed by atoms with Crippen LogP contribution in [0.5, 0.6) is 0 Å². The van der Waals surface area contributed by atoms with Crippen molar-refractivity contribution in [2.45, 2.75) is 85.6 Å². The minimum Gasteiger partial charge on any atom is -0.540 e. The van der Waals surface area contributed by atoms with Crippen LogP contribution in [0.4, 0.5) is 0 Å². The highest BCUT2D eigenvalue weighted by molar-refractivity contribution is 6.84. The van der Waals surface area contributed by atoms with Gasteiger partial charge in [0.15, 0.2) is 0 Å². The lowest BCUT2D eigenvalue weighted by Gasteiger charge is -2.36. The Morgan fingerprint density at radius 2 is 1.56 bits per heavy atom. The number of benzene rings is 1. The molecule has 0 atom stereocenters. The van der Waals surface area contributed by atoms with Crippen LogP contribution < -0.4 is 5.19 Å². The van der Waals surface area contributed by atoms with Crippen LogP contribution in [0.1, 0.15) is 54.4 Å². The lowest BCUT2D eigenvalue weighted by atomic mass is 10.2. The highest BCUT2D eigenvalue weighted by Gasteiger charge is 2.39. The molecule has 0 N–H and O–H groups in total. The van der Waals surface area contributed by atoms with E-state index in [1.165, 1.54) is 5.19 Å². The summed E-state index contributed by atoms with van der Waals surface area (Å²) >= 11 is 0. The Morgan fingerprint density at radius 1 is 0.969 bits per heavy atom. The first-order chi connectivity index (χ1) is 14.7. The molecule has 0 heterocycles. The first-order valence-corrected chi connectivity index (χ1v) is 17.4. The molecule has 32 heavy (non-hydrogen) atoms. The zero-order valence-electron chi connectivity index (χ0n) is 22.1. The molecule has 2 nitrogen and oxygen atoms in total. The summed E-state index contributed by atoms with van der Waals surface area (Å²) in [4.78, 5) is 0. The van der Waals surface area contributed by atoms with Gasteiger partial charge in [-0.3, -0.25) is 0 Å². The fourth-order valence-electron chi connectivity index (χ4n) is 2.75. The van der Waals surface area contributed by atoms with Crippen molar-refractivity contribution in [1.29, 1.82) is 0 Å². The van der Waals surface area contributed by atoms with Gasteiger partial charge in [-0.1, -0.05) is 69.5 Å². The second kappa shape index (κ2) is 11.7. The predicted molar refractivity (Wildman–Crippen MR) is 146 cm³/mol. The molecule has 0 fully saturated rings. The van der Waals surface area contributed by atoms with E-state index in [2.05, 4.69) is 116 Å². The molecule has 0 saturated heterocycles.